The predicted molar refractivity (Wildman–Crippen MR) is 127 cm³/mol. The van der Waals surface area contributed by atoms with E-state index in [4.69, 9.17) is 28.9 Å². The van der Waals surface area contributed by atoms with Gasteiger partial charge in [0.05, 0.1) is 31.8 Å². The fourth-order valence-electron chi connectivity index (χ4n) is 4.47. The Kier molecular flexibility index (Phi) is 6.53. The number of amides is 1. The lowest BCUT2D eigenvalue weighted by Crippen LogP contribution is -2.30. The van der Waals surface area contributed by atoms with Crippen LogP contribution in [0.5, 0.6) is 0 Å². The number of carbonyl (C=O) groups excluding carboxylic acids is 1. The number of nitrogens with two attached hydrogens (primary N) is 1. The third kappa shape index (κ3) is 4.79. The first-order chi connectivity index (χ1) is 15.7. The lowest BCUT2D eigenvalue weighted by molar-refractivity contribution is -0.384. The van der Waals surface area contributed by atoms with Crippen LogP contribution in [0.15, 0.2) is 35.1 Å². The van der Waals surface area contributed by atoms with Gasteiger partial charge in [-0.1, -0.05) is 42.5 Å². The summed E-state index contributed by atoms with van der Waals surface area (Å²) in [6, 6.07) is 7.28. The molecule has 1 amide bonds. The molecule has 4 N–H and O–H groups in total. The third-order valence-electron chi connectivity index (χ3n) is 5.98. The normalized spacial score (nSPS) is 15.3. The molecule has 0 bridgehead atoms. The fourth-order valence-corrected chi connectivity index (χ4v) is 4.77. The Bertz CT molecular complexity index is 1300. The van der Waals surface area contributed by atoms with E-state index in [2.05, 4.69) is 15.3 Å². The van der Waals surface area contributed by atoms with Gasteiger partial charge < -0.3 is 11.1 Å². The Hall–Kier alpha value is -3.17. The number of primary amides is 1. The van der Waals surface area contributed by atoms with E-state index in [1.165, 1.54) is 6.07 Å². The van der Waals surface area contributed by atoms with E-state index in [0.717, 1.165) is 38.2 Å². The number of rotatable bonds is 6. The van der Waals surface area contributed by atoms with Gasteiger partial charge >= 0.3 is 0 Å². The molecule has 1 saturated carbocycles. The first kappa shape index (κ1) is 23.0. The van der Waals surface area contributed by atoms with Gasteiger partial charge in [0.25, 0.3) is 11.2 Å². The van der Waals surface area contributed by atoms with E-state index >= 15 is 0 Å². The van der Waals surface area contributed by atoms with E-state index in [1.54, 1.807) is 18.2 Å². The zero-order chi connectivity index (χ0) is 23.7. The van der Waals surface area contributed by atoms with Gasteiger partial charge in [0.15, 0.2) is 0 Å². The molecular formula is C22H21Cl2N5O4. The maximum absolute atomic E-state index is 12.9. The highest BCUT2D eigenvalue weighted by Crippen LogP contribution is 2.39. The van der Waals surface area contributed by atoms with Gasteiger partial charge in [0, 0.05) is 17.8 Å². The number of nitro groups is 1. The van der Waals surface area contributed by atoms with Gasteiger partial charge in [-0.15, -0.1) is 0 Å². The van der Waals surface area contributed by atoms with Crippen molar-refractivity contribution in [1.29, 1.82) is 0 Å². The second kappa shape index (κ2) is 9.36. The molecule has 0 radical (unpaired) electrons. The highest BCUT2D eigenvalue weighted by molar-refractivity contribution is 6.42. The van der Waals surface area contributed by atoms with E-state index in [0.29, 0.717) is 21.3 Å². The smallest absolute Gasteiger partial charge is 0.270 e. The molecule has 1 aliphatic rings. The lowest BCUT2D eigenvalue weighted by atomic mass is 9.76. The molecule has 1 unspecified atom stereocenters. The molecule has 4 rings (SSSR count). The molecule has 0 aliphatic heterocycles. The Morgan fingerprint density at radius 2 is 1.91 bits per heavy atom. The van der Waals surface area contributed by atoms with Gasteiger partial charge in [-0.3, -0.25) is 24.7 Å². The SMILES string of the molecule is NC(=O)C(c1cc([N+](=O)[O-])cc2c(=O)[nH]c(Nc3ccc(Cl)c(Cl)c3)nc12)C1CCCCC1. The number of nitrogens with one attached hydrogen (secondary N) is 2. The number of nitro benzene ring substituents is 1. The van der Waals surface area contributed by atoms with E-state index in [-0.39, 0.29) is 28.5 Å². The van der Waals surface area contributed by atoms with Crippen molar-refractivity contribution in [2.75, 3.05) is 5.32 Å². The van der Waals surface area contributed by atoms with Gasteiger partial charge in [0.1, 0.15) is 0 Å². The molecule has 3 aromatic rings. The average Bonchev–Trinajstić information content (AvgIpc) is 2.77. The maximum Gasteiger partial charge on any atom is 0.270 e. The molecule has 1 heterocycles. The Morgan fingerprint density at radius 3 is 2.55 bits per heavy atom. The molecule has 11 heteroatoms. The Balaban J connectivity index is 1.89. The van der Waals surface area contributed by atoms with Crippen molar-refractivity contribution in [3.8, 4) is 0 Å². The minimum absolute atomic E-state index is 0.0148. The predicted octanol–water partition coefficient (Wildman–Crippen LogP) is 5.03. The number of benzene rings is 2. The van der Waals surface area contributed by atoms with Crippen LogP contribution in [-0.4, -0.2) is 20.8 Å². The lowest BCUT2D eigenvalue weighted by Gasteiger charge is -2.28. The summed E-state index contributed by atoms with van der Waals surface area (Å²) in [5.41, 5.74) is 5.92. The zero-order valence-corrected chi connectivity index (χ0v) is 18.9. The number of H-pyrrole nitrogens is 1. The Labute approximate surface area is 198 Å². The van der Waals surface area contributed by atoms with Crippen molar-refractivity contribution < 1.29 is 9.72 Å². The van der Waals surface area contributed by atoms with Crippen LogP contribution in [0.2, 0.25) is 10.0 Å². The minimum atomic E-state index is -0.792. The van der Waals surface area contributed by atoms with Crippen molar-refractivity contribution >= 4 is 57.3 Å². The monoisotopic (exact) mass is 489 g/mol. The number of hydrogen-bond donors (Lipinski definition) is 3. The van der Waals surface area contributed by atoms with Crippen LogP contribution in [0.4, 0.5) is 17.3 Å². The first-order valence-corrected chi connectivity index (χ1v) is 11.2. The molecule has 1 aromatic heterocycles. The second-order valence-electron chi connectivity index (χ2n) is 8.13. The molecule has 9 nitrogen and oxygen atoms in total. The van der Waals surface area contributed by atoms with Crippen molar-refractivity contribution in [2.24, 2.45) is 11.7 Å². The van der Waals surface area contributed by atoms with Crippen molar-refractivity contribution in [1.82, 2.24) is 9.97 Å². The molecule has 1 aliphatic carbocycles. The van der Waals surface area contributed by atoms with Crippen LogP contribution in [0, 0.1) is 16.0 Å². The number of non-ortho nitro benzene ring substituents is 1. The van der Waals surface area contributed by atoms with Gasteiger partial charge in [-0.05, 0) is 42.5 Å². The number of aromatic amines is 1. The summed E-state index contributed by atoms with van der Waals surface area (Å²) >= 11 is 12.0. The van der Waals surface area contributed by atoms with Crippen molar-refractivity contribution in [2.45, 2.75) is 38.0 Å². The average molecular weight is 490 g/mol. The largest absolute Gasteiger partial charge is 0.369 e. The fraction of sp³-hybridized carbons (Fsp3) is 0.318. The molecule has 0 saturated heterocycles. The molecule has 0 spiro atoms. The van der Waals surface area contributed by atoms with E-state index in [1.807, 2.05) is 0 Å². The molecule has 172 valence electrons. The quantitative estimate of drug-likeness (QED) is 0.327. The van der Waals surface area contributed by atoms with Crippen LogP contribution in [-0.2, 0) is 4.79 Å². The molecule has 33 heavy (non-hydrogen) atoms. The maximum atomic E-state index is 12.9. The third-order valence-corrected chi connectivity index (χ3v) is 6.72. The van der Waals surface area contributed by atoms with Gasteiger partial charge in [0.2, 0.25) is 11.9 Å². The summed E-state index contributed by atoms with van der Waals surface area (Å²) in [4.78, 5) is 43.5. The molecule has 1 atom stereocenters. The van der Waals surface area contributed by atoms with Crippen LogP contribution >= 0.6 is 23.2 Å². The van der Waals surface area contributed by atoms with Crippen LogP contribution in [0.25, 0.3) is 10.9 Å². The summed E-state index contributed by atoms with van der Waals surface area (Å²) in [6.45, 7) is 0. The summed E-state index contributed by atoms with van der Waals surface area (Å²) in [5, 5.41) is 15.2. The number of halogens is 2. The number of aromatic nitrogens is 2. The summed E-state index contributed by atoms with van der Waals surface area (Å²) < 4.78 is 0. The molecule has 1 fully saturated rings. The van der Waals surface area contributed by atoms with Crippen LogP contribution in [0.3, 0.4) is 0 Å². The topological polar surface area (TPSA) is 144 Å². The van der Waals surface area contributed by atoms with Crippen molar-refractivity contribution in [3.05, 3.63) is 66.4 Å². The van der Waals surface area contributed by atoms with Crippen LogP contribution in [0.1, 0.15) is 43.6 Å². The van der Waals surface area contributed by atoms with E-state index < -0.39 is 22.3 Å². The minimum Gasteiger partial charge on any atom is -0.369 e. The zero-order valence-electron chi connectivity index (χ0n) is 17.4. The molecular weight excluding hydrogens is 469 g/mol. The first-order valence-electron chi connectivity index (χ1n) is 10.5. The molecule has 2 aromatic carbocycles. The van der Waals surface area contributed by atoms with E-state index in [9.17, 15) is 19.7 Å². The summed E-state index contributed by atoms with van der Waals surface area (Å²) in [6.07, 6.45) is 4.50. The number of hydrogen-bond acceptors (Lipinski definition) is 6. The number of fused-ring (bicyclic) bond motifs is 1. The second-order valence-corrected chi connectivity index (χ2v) is 8.95. The van der Waals surface area contributed by atoms with Gasteiger partial charge in [-0.25, -0.2) is 4.98 Å². The summed E-state index contributed by atoms with van der Waals surface area (Å²) in [5.74, 6) is -1.37. The van der Waals surface area contributed by atoms with Crippen LogP contribution < -0.4 is 16.6 Å². The van der Waals surface area contributed by atoms with Gasteiger partial charge in [-0.2, -0.15) is 0 Å². The number of nitrogens with zero attached hydrogens (tertiary/aromatic N) is 2. The highest BCUT2D eigenvalue weighted by Gasteiger charge is 2.33. The standard InChI is InChI=1S/C22H21Cl2N5O4/c23-16-7-6-12(8-17(16)24)26-22-27-19-14(18(20(25)30)11-4-2-1-3-5-11)9-13(29(32)33)10-15(19)21(31)28-22/h6-11,18H,1-5H2,(H2,25,30)(H2,26,27,28,31). The number of anilines is 2. The number of carbonyl (C=O) groups is 1. The van der Waals surface area contributed by atoms with Crippen molar-refractivity contribution in [3.63, 3.8) is 0 Å². The highest BCUT2D eigenvalue weighted by atomic mass is 35.5. The Morgan fingerprint density at radius 1 is 1.18 bits per heavy atom. The summed E-state index contributed by atoms with van der Waals surface area (Å²) in [7, 11) is 0.